The summed E-state index contributed by atoms with van der Waals surface area (Å²) in [4.78, 5) is 18.8. The largest absolute Gasteiger partial charge is 0.480 e. The van der Waals surface area contributed by atoms with Gasteiger partial charge < -0.3 is 10.2 Å². The highest BCUT2D eigenvalue weighted by Gasteiger charge is 1.90. The molecule has 0 heterocycles. The van der Waals surface area contributed by atoms with Crippen LogP contribution in [0.1, 0.15) is 6.92 Å². The first-order valence-electron chi connectivity index (χ1n) is 2.58. The Bertz CT molecular complexity index is 152. The van der Waals surface area contributed by atoms with Crippen molar-refractivity contribution >= 4 is 23.5 Å². The van der Waals surface area contributed by atoms with Crippen molar-refractivity contribution in [2.75, 3.05) is 5.88 Å². The van der Waals surface area contributed by atoms with E-state index in [-0.39, 0.29) is 11.5 Å². The lowest BCUT2D eigenvalue weighted by atomic mass is 10.4. The van der Waals surface area contributed by atoms with Crippen LogP contribution in [-0.2, 0) is 9.59 Å². The van der Waals surface area contributed by atoms with Gasteiger partial charge in [0, 0.05) is 5.57 Å². The summed E-state index contributed by atoms with van der Waals surface area (Å²) in [5.74, 6) is -2.22. The summed E-state index contributed by atoms with van der Waals surface area (Å²) in [6, 6.07) is 0. The van der Waals surface area contributed by atoms with Crippen LogP contribution < -0.4 is 0 Å². The zero-order chi connectivity index (χ0) is 9.44. The van der Waals surface area contributed by atoms with E-state index in [1.165, 1.54) is 6.92 Å². The average Bonchev–Trinajstić information content (AvgIpc) is 1.89. The van der Waals surface area contributed by atoms with Crippen molar-refractivity contribution in [1.29, 1.82) is 0 Å². The smallest absolute Gasteiger partial charge is 0.330 e. The van der Waals surface area contributed by atoms with Crippen LogP contribution in [0, 0.1) is 0 Å². The molecule has 0 fully saturated rings. The van der Waals surface area contributed by atoms with Crippen molar-refractivity contribution in [3.05, 3.63) is 12.2 Å². The Balaban J connectivity index is 0. The number of carbonyl (C=O) groups is 2. The van der Waals surface area contributed by atoms with Crippen molar-refractivity contribution in [2.45, 2.75) is 6.92 Å². The summed E-state index contributed by atoms with van der Waals surface area (Å²) >= 11 is 4.74. The van der Waals surface area contributed by atoms with Gasteiger partial charge in [0.2, 0.25) is 0 Å². The van der Waals surface area contributed by atoms with E-state index in [0.29, 0.717) is 0 Å². The van der Waals surface area contributed by atoms with Gasteiger partial charge in [0.1, 0.15) is 5.88 Å². The topological polar surface area (TPSA) is 74.6 Å². The Hall–Kier alpha value is -1.03. The second-order valence-electron chi connectivity index (χ2n) is 1.61. The van der Waals surface area contributed by atoms with Gasteiger partial charge in [0.05, 0.1) is 0 Å². The number of carboxylic acid groups (broad SMARTS) is 2. The van der Waals surface area contributed by atoms with Gasteiger partial charge in [-0.15, -0.1) is 11.6 Å². The molecular weight excluding hydrogens is 172 g/mol. The van der Waals surface area contributed by atoms with Gasteiger partial charge in [-0.3, -0.25) is 4.79 Å². The number of rotatable bonds is 2. The molecule has 0 aromatic carbocycles. The van der Waals surface area contributed by atoms with Crippen molar-refractivity contribution in [3.63, 3.8) is 0 Å². The van der Waals surface area contributed by atoms with Crippen LogP contribution in [0.15, 0.2) is 12.2 Å². The third-order valence-electron chi connectivity index (χ3n) is 0.479. The highest BCUT2D eigenvalue weighted by molar-refractivity contribution is 6.26. The number of halogens is 1. The van der Waals surface area contributed by atoms with Crippen LogP contribution in [0.5, 0.6) is 0 Å². The van der Waals surface area contributed by atoms with E-state index in [4.69, 9.17) is 21.8 Å². The molecule has 0 aliphatic heterocycles. The second kappa shape index (κ2) is 7.08. The number of alkyl halides is 1. The van der Waals surface area contributed by atoms with Gasteiger partial charge in [-0.2, -0.15) is 0 Å². The summed E-state index contributed by atoms with van der Waals surface area (Å²) in [5, 5.41) is 15.5. The zero-order valence-electron chi connectivity index (χ0n) is 6.00. The second-order valence-corrected chi connectivity index (χ2v) is 1.88. The van der Waals surface area contributed by atoms with Crippen molar-refractivity contribution in [3.8, 4) is 0 Å². The summed E-state index contributed by atoms with van der Waals surface area (Å²) in [6.07, 6.45) is 0. The fraction of sp³-hybridized carbons (Fsp3) is 0.333. The van der Waals surface area contributed by atoms with E-state index in [2.05, 4.69) is 6.58 Å². The molecule has 5 heteroatoms. The molecule has 0 spiro atoms. The maximum atomic E-state index is 9.60. The molecule has 0 rings (SSSR count). The number of carboxylic acids is 2. The predicted molar refractivity (Wildman–Crippen MR) is 40.8 cm³/mol. The van der Waals surface area contributed by atoms with Crippen LogP contribution in [0.4, 0.5) is 0 Å². The Morgan fingerprint density at radius 2 is 1.64 bits per heavy atom. The summed E-state index contributed by atoms with van der Waals surface area (Å²) in [6.45, 7) is 4.60. The predicted octanol–water partition coefficient (Wildman–Crippen LogP) is 0.957. The monoisotopic (exact) mass is 180 g/mol. The standard InChI is InChI=1S/C4H6O2.C2H3ClO2/c1-3(2)4(5)6;3-1-2(4)5/h1H2,2H3,(H,5,6);1H2,(H,4,5). The number of aliphatic carboxylic acids is 2. The molecule has 0 unspecified atom stereocenters. The van der Waals surface area contributed by atoms with Crippen LogP contribution >= 0.6 is 11.6 Å². The summed E-state index contributed by atoms with van der Waals surface area (Å²) in [5.41, 5.74) is 0.176. The van der Waals surface area contributed by atoms with Gasteiger partial charge in [-0.1, -0.05) is 6.58 Å². The Morgan fingerprint density at radius 3 is 1.64 bits per heavy atom. The molecule has 64 valence electrons. The molecule has 11 heavy (non-hydrogen) atoms. The molecule has 2 N–H and O–H groups in total. The number of hydrogen-bond donors (Lipinski definition) is 2. The third kappa shape index (κ3) is 17.6. The molecule has 0 aromatic heterocycles. The van der Waals surface area contributed by atoms with Gasteiger partial charge in [-0.05, 0) is 6.92 Å². The third-order valence-corrected chi connectivity index (χ3v) is 0.708. The molecular formula is C6H9ClO4. The fourth-order valence-corrected chi connectivity index (χ4v) is 0. The summed E-state index contributed by atoms with van der Waals surface area (Å²) in [7, 11) is 0. The average molecular weight is 181 g/mol. The lowest BCUT2D eigenvalue weighted by Crippen LogP contribution is -1.92. The Kier molecular flexibility index (Phi) is 8.13. The SMILES string of the molecule is C=C(C)C(=O)O.O=C(O)CCl. The van der Waals surface area contributed by atoms with E-state index < -0.39 is 11.9 Å². The van der Waals surface area contributed by atoms with Crippen LogP contribution in [0.3, 0.4) is 0 Å². The van der Waals surface area contributed by atoms with E-state index in [1.54, 1.807) is 0 Å². The van der Waals surface area contributed by atoms with Crippen LogP contribution in [0.2, 0.25) is 0 Å². The highest BCUT2D eigenvalue weighted by atomic mass is 35.5. The first-order chi connectivity index (χ1) is 4.91. The molecule has 4 nitrogen and oxygen atoms in total. The molecule has 0 amide bonds. The minimum atomic E-state index is -0.980. The van der Waals surface area contributed by atoms with Gasteiger partial charge >= 0.3 is 11.9 Å². The lowest BCUT2D eigenvalue weighted by molar-refractivity contribution is -0.134. The molecule has 0 aliphatic rings. The van der Waals surface area contributed by atoms with Crippen molar-refractivity contribution < 1.29 is 19.8 Å². The van der Waals surface area contributed by atoms with Crippen molar-refractivity contribution in [2.24, 2.45) is 0 Å². The quantitative estimate of drug-likeness (QED) is 0.490. The normalized spacial score (nSPS) is 7.45. The van der Waals surface area contributed by atoms with Crippen molar-refractivity contribution in [1.82, 2.24) is 0 Å². The maximum absolute atomic E-state index is 9.60. The van der Waals surface area contributed by atoms with Crippen LogP contribution in [0.25, 0.3) is 0 Å². The first-order valence-corrected chi connectivity index (χ1v) is 3.11. The highest BCUT2D eigenvalue weighted by Crippen LogP contribution is 1.81. The molecule has 0 aromatic rings. The van der Waals surface area contributed by atoms with Gasteiger partial charge in [-0.25, -0.2) is 4.79 Å². The molecule has 0 saturated carbocycles. The Labute approximate surface area is 69.1 Å². The van der Waals surface area contributed by atoms with E-state index >= 15 is 0 Å². The fourth-order valence-electron chi connectivity index (χ4n) is 0. The molecule has 0 saturated heterocycles. The zero-order valence-corrected chi connectivity index (χ0v) is 6.76. The first kappa shape index (κ1) is 12.6. The van der Waals surface area contributed by atoms with E-state index in [9.17, 15) is 9.59 Å². The van der Waals surface area contributed by atoms with Crippen LogP contribution in [-0.4, -0.2) is 28.0 Å². The van der Waals surface area contributed by atoms with Gasteiger partial charge in [0.25, 0.3) is 0 Å². The van der Waals surface area contributed by atoms with E-state index in [1.807, 2.05) is 0 Å². The molecule has 0 atom stereocenters. The lowest BCUT2D eigenvalue weighted by Gasteiger charge is -1.79. The molecule has 0 bridgehead atoms. The number of hydrogen-bond acceptors (Lipinski definition) is 2. The maximum Gasteiger partial charge on any atom is 0.330 e. The van der Waals surface area contributed by atoms with E-state index in [0.717, 1.165) is 0 Å². The summed E-state index contributed by atoms with van der Waals surface area (Å²) < 4.78 is 0. The minimum Gasteiger partial charge on any atom is -0.480 e. The Morgan fingerprint density at radius 1 is 1.45 bits per heavy atom. The minimum absolute atomic E-state index is 0.176. The molecule has 0 radical (unpaired) electrons. The van der Waals surface area contributed by atoms with Gasteiger partial charge in [0.15, 0.2) is 0 Å². The molecule has 0 aliphatic carbocycles.